The summed E-state index contributed by atoms with van der Waals surface area (Å²) in [5.41, 5.74) is 4.96. The first-order chi connectivity index (χ1) is 9.36. The molecule has 3 N–H and O–H groups in total. The number of alkyl halides is 3. The van der Waals surface area contributed by atoms with Crippen LogP contribution >= 0.6 is 0 Å². The second kappa shape index (κ2) is 7.02. The highest BCUT2D eigenvalue weighted by Gasteiger charge is 2.42. The van der Waals surface area contributed by atoms with Gasteiger partial charge in [-0.2, -0.15) is 13.2 Å². The number of benzene rings is 1. The van der Waals surface area contributed by atoms with Crippen LogP contribution in [0.5, 0.6) is 11.5 Å². The van der Waals surface area contributed by atoms with Gasteiger partial charge in [0.1, 0.15) is 18.4 Å². The second-order valence-corrected chi connectivity index (χ2v) is 4.16. The molecule has 0 heterocycles. The summed E-state index contributed by atoms with van der Waals surface area (Å²) in [6.45, 7) is 1.61. The zero-order chi connectivity index (χ0) is 15.2. The van der Waals surface area contributed by atoms with Crippen molar-refractivity contribution in [1.82, 2.24) is 0 Å². The van der Waals surface area contributed by atoms with Gasteiger partial charge in [-0.3, -0.25) is 5.41 Å². The summed E-state index contributed by atoms with van der Waals surface area (Å²) in [6, 6.07) is 6.45. The summed E-state index contributed by atoms with van der Waals surface area (Å²) in [7, 11) is 0. The van der Waals surface area contributed by atoms with Crippen molar-refractivity contribution in [1.29, 1.82) is 5.41 Å². The molecule has 1 rings (SSSR count). The molecule has 112 valence electrons. The fraction of sp³-hybridized carbons (Fsp3) is 0.462. The number of nitrogens with one attached hydrogen (secondary N) is 1. The number of hydrogen-bond acceptors (Lipinski definition) is 3. The van der Waals surface area contributed by atoms with Crippen LogP contribution in [-0.4, -0.2) is 25.2 Å². The van der Waals surface area contributed by atoms with Crippen LogP contribution in [0.15, 0.2) is 24.3 Å². The van der Waals surface area contributed by atoms with Gasteiger partial charge in [0.15, 0.2) is 11.5 Å². The van der Waals surface area contributed by atoms with Crippen LogP contribution in [0.4, 0.5) is 13.2 Å². The SMILES string of the molecule is CCCOc1ccccc1OCC(C(=N)N)C(F)(F)F. The van der Waals surface area contributed by atoms with E-state index in [0.717, 1.165) is 6.42 Å². The Balaban J connectivity index is 2.75. The third kappa shape index (κ3) is 4.64. The third-order valence-electron chi connectivity index (χ3n) is 2.49. The van der Waals surface area contributed by atoms with E-state index in [2.05, 4.69) is 0 Å². The average Bonchev–Trinajstić information content (AvgIpc) is 2.35. The van der Waals surface area contributed by atoms with Gasteiger partial charge in [0.25, 0.3) is 0 Å². The van der Waals surface area contributed by atoms with Crippen LogP contribution in [0.2, 0.25) is 0 Å². The van der Waals surface area contributed by atoms with Gasteiger partial charge in [0.05, 0.1) is 6.61 Å². The van der Waals surface area contributed by atoms with Crippen molar-refractivity contribution >= 4 is 5.84 Å². The van der Waals surface area contributed by atoms with E-state index in [9.17, 15) is 13.2 Å². The Labute approximate surface area is 115 Å². The molecule has 0 spiro atoms. The molecule has 0 aliphatic rings. The molecule has 0 radical (unpaired) electrons. The molecule has 7 heteroatoms. The second-order valence-electron chi connectivity index (χ2n) is 4.16. The number of para-hydroxylation sites is 2. The molecule has 0 saturated heterocycles. The lowest BCUT2D eigenvalue weighted by molar-refractivity contribution is -0.162. The fourth-order valence-corrected chi connectivity index (χ4v) is 1.43. The summed E-state index contributed by atoms with van der Waals surface area (Å²) >= 11 is 0. The number of halogens is 3. The smallest absolute Gasteiger partial charge is 0.401 e. The molecule has 4 nitrogen and oxygen atoms in total. The van der Waals surface area contributed by atoms with Crippen molar-refractivity contribution in [2.24, 2.45) is 11.7 Å². The maximum absolute atomic E-state index is 12.6. The molecule has 0 amide bonds. The van der Waals surface area contributed by atoms with Crippen LogP contribution in [0.1, 0.15) is 13.3 Å². The molecular formula is C13H17F3N2O2. The Bertz CT molecular complexity index is 449. The van der Waals surface area contributed by atoms with E-state index in [-0.39, 0.29) is 5.75 Å². The van der Waals surface area contributed by atoms with E-state index in [1.807, 2.05) is 6.92 Å². The van der Waals surface area contributed by atoms with Gasteiger partial charge >= 0.3 is 6.18 Å². The van der Waals surface area contributed by atoms with E-state index in [1.54, 1.807) is 18.2 Å². The summed E-state index contributed by atoms with van der Waals surface area (Å²) in [5, 5.41) is 6.98. The topological polar surface area (TPSA) is 68.3 Å². The molecule has 1 atom stereocenters. The third-order valence-corrected chi connectivity index (χ3v) is 2.49. The van der Waals surface area contributed by atoms with Crippen molar-refractivity contribution in [3.05, 3.63) is 24.3 Å². The van der Waals surface area contributed by atoms with Gasteiger partial charge in [-0.05, 0) is 18.6 Å². The van der Waals surface area contributed by atoms with Crippen molar-refractivity contribution in [3.8, 4) is 11.5 Å². The number of rotatable bonds is 7. The summed E-state index contributed by atoms with van der Waals surface area (Å²) in [6.07, 6.45) is -3.84. The lowest BCUT2D eigenvalue weighted by Gasteiger charge is -2.20. The van der Waals surface area contributed by atoms with Crippen molar-refractivity contribution in [2.45, 2.75) is 19.5 Å². The van der Waals surface area contributed by atoms with Gasteiger partial charge in [-0.15, -0.1) is 0 Å². The molecule has 0 aromatic heterocycles. The zero-order valence-electron chi connectivity index (χ0n) is 11.0. The average molecular weight is 290 g/mol. The van der Waals surface area contributed by atoms with Crippen molar-refractivity contribution in [2.75, 3.05) is 13.2 Å². The number of ether oxygens (including phenoxy) is 2. The molecule has 1 aromatic rings. The first kappa shape index (κ1) is 16.1. The van der Waals surface area contributed by atoms with E-state index < -0.39 is 24.5 Å². The van der Waals surface area contributed by atoms with E-state index in [4.69, 9.17) is 20.6 Å². The van der Waals surface area contributed by atoms with Gasteiger partial charge in [0, 0.05) is 0 Å². The predicted molar refractivity (Wildman–Crippen MR) is 69.2 cm³/mol. The summed E-state index contributed by atoms with van der Waals surface area (Å²) in [5.74, 6) is -2.51. The quantitative estimate of drug-likeness (QED) is 0.599. The predicted octanol–water partition coefficient (Wildman–Crippen LogP) is 2.97. The molecule has 0 fully saturated rings. The van der Waals surface area contributed by atoms with Crippen molar-refractivity contribution < 1.29 is 22.6 Å². The maximum atomic E-state index is 12.6. The van der Waals surface area contributed by atoms with E-state index >= 15 is 0 Å². The minimum absolute atomic E-state index is 0.205. The first-order valence-electron chi connectivity index (χ1n) is 6.11. The van der Waals surface area contributed by atoms with Crippen LogP contribution in [0.25, 0.3) is 0 Å². The highest BCUT2D eigenvalue weighted by atomic mass is 19.4. The fourth-order valence-electron chi connectivity index (χ4n) is 1.43. The Morgan fingerprint density at radius 2 is 1.80 bits per heavy atom. The number of nitrogens with two attached hydrogens (primary N) is 1. The van der Waals surface area contributed by atoms with Crippen LogP contribution in [0.3, 0.4) is 0 Å². The van der Waals surface area contributed by atoms with Gasteiger partial charge < -0.3 is 15.2 Å². The largest absolute Gasteiger partial charge is 0.490 e. The first-order valence-corrected chi connectivity index (χ1v) is 6.11. The number of amidine groups is 1. The molecule has 1 unspecified atom stereocenters. The minimum atomic E-state index is -4.61. The molecular weight excluding hydrogens is 273 g/mol. The van der Waals surface area contributed by atoms with E-state index in [1.165, 1.54) is 6.07 Å². The van der Waals surface area contributed by atoms with Crippen LogP contribution in [0, 0.1) is 11.3 Å². The number of hydrogen-bond donors (Lipinski definition) is 2. The molecule has 0 aliphatic carbocycles. The molecule has 20 heavy (non-hydrogen) atoms. The van der Waals surface area contributed by atoms with Crippen molar-refractivity contribution in [3.63, 3.8) is 0 Å². The Hall–Kier alpha value is -1.92. The molecule has 0 aliphatic heterocycles. The lowest BCUT2D eigenvalue weighted by Crippen LogP contribution is -2.39. The minimum Gasteiger partial charge on any atom is -0.490 e. The zero-order valence-corrected chi connectivity index (χ0v) is 11.0. The maximum Gasteiger partial charge on any atom is 0.401 e. The summed E-state index contributed by atoms with van der Waals surface area (Å²) < 4.78 is 48.4. The van der Waals surface area contributed by atoms with Gasteiger partial charge in [0.2, 0.25) is 0 Å². The Morgan fingerprint density at radius 3 is 2.25 bits per heavy atom. The highest BCUT2D eigenvalue weighted by molar-refractivity contribution is 5.80. The normalized spacial score (nSPS) is 12.8. The van der Waals surface area contributed by atoms with Gasteiger partial charge in [-0.1, -0.05) is 19.1 Å². The van der Waals surface area contributed by atoms with Crippen LogP contribution < -0.4 is 15.2 Å². The van der Waals surface area contributed by atoms with Crippen LogP contribution in [-0.2, 0) is 0 Å². The molecule has 0 saturated carbocycles. The van der Waals surface area contributed by atoms with E-state index in [0.29, 0.717) is 12.4 Å². The Kier molecular flexibility index (Phi) is 5.66. The monoisotopic (exact) mass is 290 g/mol. The van der Waals surface area contributed by atoms with Gasteiger partial charge in [-0.25, -0.2) is 0 Å². The lowest BCUT2D eigenvalue weighted by atomic mass is 10.1. The molecule has 1 aromatic carbocycles. The molecule has 0 bridgehead atoms. The highest BCUT2D eigenvalue weighted by Crippen LogP contribution is 2.30. The summed E-state index contributed by atoms with van der Waals surface area (Å²) in [4.78, 5) is 0. The Morgan fingerprint density at radius 1 is 1.25 bits per heavy atom. The standard InChI is InChI=1S/C13H17F3N2O2/c1-2-7-19-10-5-3-4-6-11(10)20-8-9(12(17)18)13(14,15)16/h3-6,9H,2,7-8H2,1H3,(H3,17,18).